The normalized spacial score (nSPS) is 11.3. The molecule has 0 aliphatic heterocycles. The number of anilines is 1. The van der Waals surface area contributed by atoms with Crippen LogP contribution in [-0.2, 0) is 21.2 Å². The molecule has 0 saturated heterocycles. The zero-order chi connectivity index (χ0) is 20.0. The molecule has 0 heterocycles. The van der Waals surface area contributed by atoms with Gasteiger partial charge in [0.2, 0.25) is 15.9 Å². The molecule has 2 aromatic rings. The predicted molar refractivity (Wildman–Crippen MR) is 104 cm³/mol. The first-order valence-electron chi connectivity index (χ1n) is 8.38. The Labute approximate surface area is 159 Å². The Kier molecular flexibility index (Phi) is 6.81. The first-order valence-corrected chi connectivity index (χ1v) is 9.86. The van der Waals surface area contributed by atoms with Crippen LogP contribution in [0.4, 0.5) is 5.69 Å². The number of carbonyl (C=O) groups is 1. The average molecular weight is 392 g/mol. The largest absolute Gasteiger partial charge is 0.493 e. The Morgan fingerprint density at radius 3 is 2.19 bits per heavy atom. The molecule has 0 saturated carbocycles. The van der Waals surface area contributed by atoms with Crippen LogP contribution in [0.25, 0.3) is 0 Å². The van der Waals surface area contributed by atoms with Crippen molar-refractivity contribution in [3.63, 3.8) is 0 Å². The summed E-state index contributed by atoms with van der Waals surface area (Å²) < 4.78 is 37.1. The van der Waals surface area contributed by atoms with Crippen LogP contribution in [0.1, 0.15) is 19.4 Å². The lowest BCUT2D eigenvalue weighted by Crippen LogP contribution is -2.30. The summed E-state index contributed by atoms with van der Waals surface area (Å²) in [6, 6.07) is 11.1. The van der Waals surface area contributed by atoms with Gasteiger partial charge in [0.1, 0.15) is 0 Å². The minimum absolute atomic E-state index is 0.147. The van der Waals surface area contributed by atoms with Crippen LogP contribution in [0.5, 0.6) is 11.5 Å². The van der Waals surface area contributed by atoms with Crippen molar-refractivity contribution in [1.29, 1.82) is 0 Å². The van der Waals surface area contributed by atoms with Crippen molar-refractivity contribution in [1.82, 2.24) is 4.72 Å². The van der Waals surface area contributed by atoms with Gasteiger partial charge in [0.25, 0.3) is 0 Å². The van der Waals surface area contributed by atoms with Crippen LogP contribution in [0, 0.1) is 0 Å². The molecule has 0 spiro atoms. The van der Waals surface area contributed by atoms with E-state index < -0.39 is 10.0 Å². The summed E-state index contributed by atoms with van der Waals surface area (Å²) in [6.45, 7) is 3.50. The van der Waals surface area contributed by atoms with Gasteiger partial charge in [-0.25, -0.2) is 13.1 Å². The summed E-state index contributed by atoms with van der Waals surface area (Å²) in [6.07, 6.45) is 0.148. The maximum absolute atomic E-state index is 12.2. The summed E-state index contributed by atoms with van der Waals surface area (Å²) in [5, 5.41) is 2.75. The van der Waals surface area contributed by atoms with Crippen molar-refractivity contribution in [2.24, 2.45) is 0 Å². The SMILES string of the molecule is COc1ccc(CC(=O)Nc2ccc(S(=O)(=O)NC(C)C)cc2)cc1OC. The van der Waals surface area contributed by atoms with Gasteiger partial charge >= 0.3 is 0 Å². The standard InChI is InChI=1S/C19H24N2O5S/c1-13(2)21-27(23,24)16-8-6-15(7-9-16)20-19(22)12-14-5-10-17(25-3)18(11-14)26-4/h5-11,13,21H,12H2,1-4H3,(H,20,22). The second-order valence-electron chi connectivity index (χ2n) is 6.21. The Morgan fingerprint density at radius 1 is 1.00 bits per heavy atom. The third-order valence-corrected chi connectivity index (χ3v) is 5.33. The van der Waals surface area contributed by atoms with Crippen molar-refractivity contribution in [2.75, 3.05) is 19.5 Å². The molecule has 2 N–H and O–H groups in total. The number of sulfonamides is 1. The molecule has 146 valence electrons. The van der Waals surface area contributed by atoms with Gasteiger partial charge in [-0.2, -0.15) is 0 Å². The second-order valence-corrected chi connectivity index (χ2v) is 7.93. The van der Waals surface area contributed by atoms with Gasteiger partial charge < -0.3 is 14.8 Å². The Bertz CT molecular complexity index is 893. The highest BCUT2D eigenvalue weighted by atomic mass is 32.2. The molecular weight excluding hydrogens is 368 g/mol. The van der Waals surface area contributed by atoms with Crippen LogP contribution in [0.3, 0.4) is 0 Å². The van der Waals surface area contributed by atoms with E-state index in [2.05, 4.69) is 10.0 Å². The number of methoxy groups -OCH3 is 2. The lowest BCUT2D eigenvalue weighted by Gasteiger charge is -2.11. The number of amides is 1. The Hall–Kier alpha value is -2.58. The number of hydrogen-bond donors (Lipinski definition) is 2. The zero-order valence-corrected chi connectivity index (χ0v) is 16.6. The molecule has 0 aliphatic rings. The first-order chi connectivity index (χ1) is 12.7. The van der Waals surface area contributed by atoms with E-state index in [-0.39, 0.29) is 23.3 Å². The Balaban J connectivity index is 2.04. The molecule has 0 atom stereocenters. The lowest BCUT2D eigenvalue weighted by atomic mass is 10.1. The third kappa shape index (κ3) is 5.70. The highest BCUT2D eigenvalue weighted by Gasteiger charge is 2.15. The molecule has 0 radical (unpaired) electrons. The maximum atomic E-state index is 12.2. The average Bonchev–Trinajstić information content (AvgIpc) is 2.60. The quantitative estimate of drug-likeness (QED) is 0.720. The van der Waals surface area contributed by atoms with Crippen molar-refractivity contribution in [2.45, 2.75) is 31.2 Å². The van der Waals surface area contributed by atoms with Gasteiger partial charge in [0.15, 0.2) is 11.5 Å². The monoisotopic (exact) mass is 392 g/mol. The fourth-order valence-electron chi connectivity index (χ4n) is 2.48. The summed E-state index contributed by atoms with van der Waals surface area (Å²) in [4.78, 5) is 12.4. The zero-order valence-electron chi connectivity index (χ0n) is 15.8. The minimum Gasteiger partial charge on any atom is -0.493 e. The molecule has 0 aliphatic carbocycles. The van der Waals surface area contributed by atoms with Crippen molar-refractivity contribution < 1.29 is 22.7 Å². The van der Waals surface area contributed by atoms with E-state index in [0.717, 1.165) is 5.56 Å². The molecule has 0 bridgehead atoms. The highest BCUT2D eigenvalue weighted by molar-refractivity contribution is 7.89. The smallest absolute Gasteiger partial charge is 0.240 e. The molecular formula is C19H24N2O5S. The van der Waals surface area contributed by atoms with Crippen molar-refractivity contribution in [3.05, 3.63) is 48.0 Å². The second kappa shape index (κ2) is 8.88. The number of nitrogens with one attached hydrogen (secondary N) is 2. The molecule has 2 aromatic carbocycles. The van der Waals surface area contributed by atoms with E-state index >= 15 is 0 Å². The van der Waals surface area contributed by atoms with Crippen molar-refractivity contribution >= 4 is 21.6 Å². The number of rotatable bonds is 8. The predicted octanol–water partition coefficient (Wildman–Crippen LogP) is 2.57. The van der Waals surface area contributed by atoms with Gasteiger partial charge in [0, 0.05) is 11.7 Å². The molecule has 8 heteroatoms. The molecule has 0 fully saturated rings. The number of benzene rings is 2. The van der Waals surface area contributed by atoms with E-state index in [1.807, 2.05) is 0 Å². The highest BCUT2D eigenvalue weighted by Crippen LogP contribution is 2.27. The lowest BCUT2D eigenvalue weighted by molar-refractivity contribution is -0.115. The molecule has 7 nitrogen and oxygen atoms in total. The van der Waals surface area contributed by atoms with Crippen LogP contribution in [-0.4, -0.2) is 34.6 Å². The van der Waals surface area contributed by atoms with E-state index in [1.165, 1.54) is 19.2 Å². The first kappa shape index (κ1) is 20.7. The minimum atomic E-state index is -3.56. The van der Waals surface area contributed by atoms with Crippen LogP contribution in [0.2, 0.25) is 0 Å². The Morgan fingerprint density at radius 2 is 1.63 bits per heavy atom. The molecule has 1 amide bonds. The van der Waals surface area contributed by atoms with E-state index in [4.69, 9.17) is 9.47 Å². The van der Waals surface area contributed by atoms with E-state index in [0.29, 0.717) is 17.2 Å². The van der Waals surface area contributed by atoms with Gasteiger partial charge in [0.05, 0.1) is 25.5 Å². The topological polar surface area (TPSA) is 93.7 Å². The number of carbonyl (C=O) groups excluding carboxylic acids is 1. The van der Waals surface area contributed by atoms with Crippen LogP contribution in [0.15, 0.2) is 47.4 Å². The third-order valence-electron chi connectivity index (χ3n) is 3.65. The van der Waals surface area contributed by atoms with Gasteiger partial charge in [-0.05, 0) is 55.8 Å². The van der Waals surface area contributed by atoms with Gasteiger partial charge in [-0.1, -0.05) is 6.07 Å². The summed E-state index contributed by atoms with van der Waals surface area (Å²) >= 11 is 0. The molecule has 0 unspecified atom stereocenters. The van der Waals surface area contributed by atoms with E-state index in [9.17, 15) is 13.2 Å². The number of ether oxygens (including phenoxy) is 2. The summed E-state index contributed by atoms with van der Waals surface area (Å²) in [7, 11) is -0.477. The van der Waals surface area contributed by atoms with Gasteiger partial charge in [-0.3, -0.25) is 4.79 Å². The van der Waals surface area contributed by atoms with Crippen molar-refractivity contribution in [3.8, 4) is 11.5 Å². The molecule has 27 heavy (non-hydrogen) atoms. The maximum Gasteiger partial charge on any atom is 0.240 e. The summed E-state index contributed by atoms with van der Waals surface area (Å²) in [5.74, 6) is 0.918. The fraction of sp³-hybridized carbons (Fsp3) is 0.316. The van der Waals surface area contributed by atoms with Crippen LogP contribution >= 0.6 is 0 Å². The summed E-state index contributed by atoms with van der Waals surface area (Å²) in [5.41, 5.74) is 1.29. The van der Waals surface area contributed by atoms with Crippen LogP contribution < -0.4 is 19.5 Å². The molecule has 0 aromatic heterocycles. The molecule has 2 rings (SSSR count). The van der Waals surface area contributed by atoms with E-state index in [1.54, 1.807) is 51.3 Å². The fourth-order valence-corrected chi connectivity index (χ4v) is 3.73. The van der Waals surface area contributed by atoms with Gasteiger partial charge in [-0.15, -0.1) is 0 Å². The number of hydrogen-bond acceptors (Lipinski definition) is 5.